The third kappa shape index (κ3) is 10.1. The van der Waals surface area contributed by atoms with Crippen molar-refractivity contribution in [3.05, 3.63) is 19.1 Å². The smallest absolute Gasteiger partial charge is 0 e. The van der Waals surface area contributed by atoms with Crippen LogP contribution >= 0.6 is 0 Å². The molecule has 5 heteroatoms. The molecule has 4 nitrogen and oxygen atoms in total. The van der Waals surface area contributed by atoms with Gasteiger partial charge >= 0.3 is 0 Å². The Balaban J connectivity index is -0.000000114. The fourth-order valence-corrected chi connectivity index (χ4v) is 0.517. The maximum atomic E-state index is 3.96. The van der Waals surface area contributed by atoms with Gasteiger partial charge < -0.3 is 11.6 Å². The van der Waals surface area contributed by atoms with E-state index in [9.17, 15) is 0 Å². The summed E-state index contributed by atoms with van der Waals surface area (Å²) < 4.78 is 1.46. The summed E-state index contributed by atoms with van der Waals surface area (Å²) in [7, 11) is 0. The Kier molecular flexibility index (Phi) is 22.2. The number of nitrogens with zero attached hydrogens (tertiary/aromatic N) is 4. The van der Waals surface area contributed by atoms with E-state index in [2.05, 4.69) is 28.5 Å². The summed E-state index contributed by atoms with van der Waals surface area (Å²) in [5.74, 6) is 0.711. The van der Waals surface area contributed by atoms with Gasteiger partial charge in [-0.3, -0.25) is 10.2 Å². The minimum absolute atomic E-state index is 0. The monoisotopic (exact) mass is 287 g/mol. The van der Waals surface area contributed by atoms with Crippen LogP contribution in [0.25, 0.3) is 0 Å². The van der Waals surface area contributed by atoms with Crippen molar-refractivity contribution in [1.82, 2.24) is 14.9 Å². The molecule has 0 spiro atoms. The average molecular weight is 287 g/mol. The Morgan fingerprint density at radius 2 is 1.87 bits per heavy atom. The summed E-state index contributed by atoms with van der Waals surface area (Å²) in [5, 5.41) is 11.2. The Morgan fingerprint density at radius 1 is 1.40 bits per heavy atom. The molecule has 0 aliphatic heterocycles. The van der Waals surface area contributed by atoms with Crippen molar-refractivity contribution < 1.29 is 32.7 Å². The van der Waals surface area contributed by atoms with E-state index in [0.717, 1.165) is 0 Å². The van der Waals surface area contributed by atoms with E-state index < -0.39 is 0 Å². The summed E-state index contributed by atoms with van der Waals surface area (Å²) in [6.45, 7) is 11.2. The molecular weight excluding hydrogens is 265 g/mol. The normalized spacial score (nSPS) is 8.40. The standard InChI is InChI=1S/C6H8N4.C2H6.2CH4.Y/c1-5(2)9-10-4-7-8-6(10)3;1-2;;;/h1H2,2-3H3;1-2H3;2*1H4;/q-2;;;;. The third-order valence-electron chi connectivity index (χ3n) is 0.911. The zero-order valence-electron chi connectivity index (χ0n) is 8.57. The van der Waals surface area contributed by atoms with Gasteiger partial charge in [0.15, 0.2) is 0 Å². The van der Waals surface area contributed by atoms with Crippen LogP contribution in [0.3, 0.4) is 0 Å². The SMILES string of the molecule is C.C.CC.[CH2-]C(C)=Nn1[c-]nnc1C.[Y]. The topological polar surface area (TPSA) is 43.1 Å². The van der Waals surface area contributed by atoms with Gasteiger partial charge in [0, 0.05) is 32.7 Å². The number of hydrogen-bond acceptors (Lipinski definition) is 3. The molecule has 0 atom stereocenters. The molecule has 0 aliphatic rings. The van der Waals surface area contributed by atoms with Crippen LogP contribution in [0.5, 0.6) is 0 Å². The van der Waals surface area contributed by atoms with Crippen molar-refractivity contribution in [2.24, 2.45) is 5.10 Å². The molecule has 0 amide bonds. The first-order valence-electron chi connectivity index (χ1n) is 3.87. The molecule has 87 valence electrons. The molecule has 1 aromatic heterocycles. The minimum atomic E-state index is 0. The average Bonchev–Trinajstić information content (AvgIpc) is 2.40. The first-order chi connectivity index (χ1) is 5.70. The van der Waals surface area contributed by atoms with Gasteiger partial charge in [-0.15, -0.1) is 5.71 Å². The van der Waals surface area contributed by atoms with Crippen molar-refractivity contribution in [3.8, 4) is 0 Å². The molecule has 0 bridgehead atoms. The van der Waals surface area contributed by atoms with E-state index in [1.54, 1.807) is 13.8 Å². The molecule has 0 saturated carbocycles. The molecule has 1 rings (SSSR count). The van der Waals surface area contributed by atoms with E-state index >= 15 is 0 Å². The van der Waals surface area contributed by atoms with Crippen LogP contribution in [0.15, 0.2) is 5.10 Å². The fraction of sp³-hybridized carbons (Fsp3) is 0.600. The maximum Gasteiger partial charge on any atom is 0 e. The molecule has 15 heavy (non-hydrogen) atoms. The van der Waals surface area contributed by atoms with Crippen LogP contribution in [-0.2, 0) is 32.7 Å². The molecule has 1 aromatic rings. The van der Waals surface area contributed by atoms with Crippen LogP contribution in [0.2, 0.25) is 0 Å². The number of aromatic nitrogens is 3. The second-order valence-electron chi connectivity index (χ2n) is 1.99. The molecule has 0 unspecified atom stereocenters. The van der Waals surface area contributed by atoms with Crippen molar-refractivity contribution in [3.63, 3.8) is 0 Å². The summed E-state index contributed by atoms with van der Waals surface area (Å²) in [6, 6.07) is 0. The molecule has 0 saturated heterocycles. The Labute approximate surface area is 119 Å². The van der Waals surface area contributed by atoms with E-state index in [1.165, 1.54) is 4.68 Å². The summed E-state index contributed by atoms with van der Waals surface area (Å²) in [6.07, 6.45) is 2.56. The Morgan fingerprint density at radius 3 is 2.13 bits per heavy atom. The first-order valence-corrected chi connectivity index (χ1v) is 3.87. The zero-order valence-corrected chi connectivity index (χ0v) is 11.4. The van der Waals surface area contributed by atoms with Crippen LogP contribution in [0.1, 0.15) is 41.4 Å². The first kappa shape index (κ1) is 24.2. The van der Waals surface area contributed by atoms with Gasteiger partial charge in [-0.2, -0.15) is 0 Å². The predicted octanol–water partition coefficient (Wildman–Crippen LogP) is 2.74. The number of rotatable bonds is 1. The largest absolute Gasteiger partial charge is 0.372 e. The Hall–Kier alpha value is -0.216. The molecule has 0 fully saturated rings. The van der Waals surface area contributed by atoms with Crippen molar-refractivity contribution >= 4 is 5.71 Å². The van der Waals surface area contributed by atoms with Gasteiger partial charge in [0.05, 0.1) is 0 Å². The van der Waals surface area contributed by atoms with Gasteiger partial charge in [-0.05, 0) is 12.2 Å². The number of aryl methyl sites for hydroxylation is 1. The Bertz CT molecular complexity index is 252. The zero-order chi connectivity index (χ0) is 9.56. The summed E-state index contributed by atoms with van der Waals surface area (Å²) in [5.41, 5.74) is 0.708. The van der Waals surface area contributed by atoms with Gasteiger partial charge in [-0.1, -0.05) is 42.5 Å². The molecule has 1 heterocycles. The maximum absolute atomic E-state index is 3.96. The quantitative estimate of drug-likeness (QED) is 0.589. The van der Waals surface area contributed by atoms with Crippen LogP contribution < -0.4 is 0 Å². The number of hydrogen-bond donors (Lipinski definition) is 0. The van der Waals surface area contributed by atoms with Crippen molar-refractivity contribution in [2.75, 3.05) is 0 Å². The molecule has 0 aromatic carbocycles. The van der Waals surface area contributed by atoms with Crippen LogP contribution in [0, 0.1) is 20.2 Å². The van der Waals surface area contributed by atoms with E-state index in [-0.39, 0.29) is 47.6 Å². The van der Waals surface area contributed by atoms with Gasteiger partial charge in [0.2, 0.25) is 0 Å². The molecule has 0 N–H and O–H groups in total. The third-order valence-corrected chi connectivity index (χ3v) is 0.911. The summed E-state index contributed by atoms with van der Waals surface area (Å²) in [4.78, 5) is 0. The molecular formula is C10H22N4Y-2. The fourth-order valence-electron chi connectivity index (χ4n) is 0.517. The van der Waals surface area contributed by atoms with Crippen LogP contribution in [0.4, 0.5) is 0 Å². The van der Waals surface area contributed by atoms with Gasteiger partial charge in [0.1, 0.15) is 0 Å². The second-order valence-corrected chi connectivity index (χ2v) is 1.99. The van der Waals surface area contributed by atoms with E-state index in [4.69, 9.17) is 0 Å². The van der Waals surface area contributed by atoms with E-state index in [0.29, 0.717) is 11.5 Å². The van der Waals surface area contributed by atoms with Crippen LogP contribution in [-0.4, -0.2) is 20.6 Å². The predicted molar refractivity (Wildman–Crippen MR) is 62.3 cm³/mol. The minimum Gasteiger partial charge on any atom is -0.372 e. The summed E-state index contributed by atoms with van der Waals surface area (Å²) >= 11 is 0. The second kappa shape index (κ2) is 13.8. The van der Waals surface area contributed by atoms with Crippen molar-refractivity contribution in [2.45, 2.75) is 42.5 Å². The molecule has 1 radical (unpaired) electrons. The van der Waals surface area contributed by atoms with Gasteiger partial charge in [0.25, 0.3) is 0 Å². The van der Waals surface area contributed by atoms with Gasteiger partial charge in [-0.25, -0.2) is 5.10 Å². The van der Waals surface area contributed by atoms with Crippen molar-refractivity contribution in [1.29, 1.82) is 0 Å². The molecule has 0 aliphatic carbocycles. The van der Waals surface area contributed by atoms with E-state index in [1.807, 2.05) is 13.8 Å².